The van der Waals surface area contributed by atoms with E-state index < -0.39 is 0 Å². The third-order valence-electron chi connectivity index (χ3n) is 3.94. The van der Waals surface area contributed by atoms with Crippen LogP contribution in [0.2, 0.25) is 10.2 Å². The zero-order chi connectivity index (χ0) is 18.0. The van der Waals surface area contributed by atoms with Crippen molar-refractivity contribution in [3.63, 3.8) is 0 Å². The van der Waals surface area contributed by atoms with Crippen LogP contribution in [0.3, 0.4) is 0 Å². The number of aliphatic imine (C=N–C) groups is 1. The maximum atomic E-state index is 13.0. The first-order valence-electron chi connectivity index (χ1n) is 7.92. The molecule has 1 aliphatic rings. The van der Waals surface area contributed by atoms with E-state index in [1.54, 1.807) is 22.7 Å². The van der Waals surface area contributed by atoms with Crippen molar-refractivity contribution in [3.05, 3.63) is 57.8 Å². The molecule has 1 aliphatic heterocycles. The molecule has 0 aliphatic carbocycles. The number of hydrogen-bond acceptors (Lipinski definition) is 4. The quantitative estimate of drug-likeness (QED) is 0.659. The summed E-state index contributed by atoms with van der Waals surface area (Å²) >= 11 is 13.5. The number of amides is 1. The number of hydrogen-bond donors (Lipinski definition) is 0. The smallest absolute Gasteiger partial charge is 0.261 e. The molecule has 1 atom stereocenters. The lowest BCUT2D eigenvalue weighted by atomic mass is 10.2. The molecule has 1 amide bonds. The minimum atomic E-state index is -0.158. The fourth-order valence-corrected chi connectivity index (χ4v) is 4.13. The molecule has 0 saturated carbocycles. The molecule has 1 fully saturated rings. The van der Waals surface area contributed by atoms with E-state index in [0.717, 1.165) is 23.4 Å². The lowest BCUT2D eigenvalue weighted by Gasteiger charge is -2.23. The van der Waals surface area contributed by atoms with E-state index in [1.165, 1.54) is 6.20 Å². The van der Waals surface area contributed by atoms with E-state index in [1.807, 2.05) is 31.2 Å². The van der Waals surface area contributed by atoms with Gasteiger partial charge in [-0.05, 0) is 37.1 Å². The summed E-state index contributed by atoms with van der Waals surface area (Å²) in [6, 6.07) is 9.56. The lowest BCUT2D eigenvalue weighted by molar-refractivity contribution is 0.0819. The molecule has 4 nitrogen and oxygen atoms in total. The minimum absolute atomic E-state index is 0.0931. The Morgan fingerprint density at radius 1 is 1.40 bits per heavy atom. The summed E-state index contributed by atoms with van der Waals surface area (Å²) in [4.78, 5) is 23.5. The number of aryl methyl sites for hydroxylation is 1. The topological polar surface area (TPSA) is 45.6 Å². The van der Waals surface area contributed by atoms with Crippen LogP contribution < -0.4 is 0 Å². The van der Waals surface area contributed by atoms with Crippen molar-refractivity contribution in [2.45, 2.75) is 26.3 Å². The van der Waals surface area contributed by atoms with Crippen LogP contribution in [0.5, 0.6) is 0 Å². The molecule has 0 N–H and O–H groups in total. The summed E-state index contributed by atoms with van der Waals surface area (Å²) in [5.74, 6) is 0.663. The number of aromatic nitrogens is 1. The highest BCUT2D eigenvalue weighted by atomic mass is 35.5. The summed E-state index contributed by atoms with van der Waals surface area (Å²) in [5, 5.41) is 1.16. The second-order valence-corrected chi connectivity index (χ2v) is 7.53. The number of nitrogens with zero attached hydrogens (tertiary/aromatic N) is 3. The van der Waals surface area contributed by atoms with Gasteiger partial charge in [-0.3, -0.25) is 9.69 Å². The highest BCUT2D eigenvalue weighted by molar-refractivity contribution is 8.14. The molecule has 3 rings (SSSR count). The number of halogens is 2. The molecular formula is C18H17Cl2N3OS. The van der Waals surface area contributed by atoms with Gasteiger partial charge in [0.05, 0.1) is 16.3 Å². The summed E-state index contributed by atoms with van der Waals surface area (Å²) in [6.07, 6.45) is 2.30. The van der Waals surface area contributed by atoms with Crippen molar-refractivity contribution in [3.8, 4) is 0 Å². The Hall–Kier alpha value is -1.56. The van der Waals surface area contributed by atoms with Crippen LogP contribution >= 0.6 is 35.0 Å². The molecule has 1 aromatic carbocycles. The zero-order valence-electron chi connectivity index (χ0n) is 13.9. The van der Waals surface area contributed by atoms with Crippen molar-refractivity contribution >= 4 is 51.7 Å². The van der Waals surface area contributed by atoms with Gasteiger partial charge in [-0.25, -0.2) is 9.98 Å². The molecule has 7 heteroatoms. The standard InChI is InChI=1S/C18H17Cl2N3OS/c1-3-14-10-25-18(22-13-6-4-5-11(2)7-13)23(14)17(24)12-8-15(19)16(20)21-9-12/h4-9,14H,3,10H2,1-2H3/t14-/m0/s1. The predicted molar refractivity (Wildman–Crippen MR) is 105 cm³/mol. The molecule has 1 aromatic heterocycles. The van der Waals surface area contributed by atoms with E-state index in [4.69, 9.17) is 28.2 Å². The second kappa shape index (κ2) is 7.77. The highest BCUT2D eigenvalue weighted by Gasteiger charge is 2.35. The first kappa shape index (κ1) is 18.2. The maximum absolute atomic E-state index is 13.0. The van der Waals surface area contributed by atoms with Crippen LogP contribution in [-0.4, -0.2) is 32.8 Å². The number of thioether (sulfide) groups is 1. The highest BCUT2D eigenvalue weighted by Crippen LogP contribution is 2.31. The average molecular weight is 394 g/mol. The Morgan fingerprint density at radius 3 is 2.88 bits per heavy atom. The fourth-order valence-electron chi connectivity index (χ4n) is 2.60. The summed E-state index contributed by atoms with van der Waals surface area (Å²) < 4.78 is 0. The Bertz CT molecular complexity index is 841. The van der Waals surface area contributed by atoms with E-state index >= 15 is 0 Å². The molecule has 25 heavy (non-hydrogen) atoms. The SMILES string of the molecule is CC[C@H]1CSC(=Nc2cccc(C)c2)N1C(=O)c1cnc(Cl)c(Cl)c1. The van der Waals surface area contributed by atoms with Crippen molar-refractivity contribution in [1.29, 1.82) is 0 Å². The monoisotopic (exact) mass is 393 g/mol. The number of amidine groups is 1. The number of carbonyl (C=O) groups is 1. The number of carbonyl (C=O) groups excluding carboxylic acids is 1. The van der Waals surface area contributed by atoms with Gasteiger partial charge in [0.1, 0.15) is 5.15 Å². The molecule has 2 aromatic rings. The molecule has 0 spiro atoms. The Morgan fingerprint density at radius 2 is 2.20 bits per heavy atom. The van der Waals surface area contributed by atoms with Gasteiger partial charge in [0.15, 0.2) is 5.17 Å². The molecule has 0 radical (unpaired) electrons. The number of pyridine rings is 1. The Labute approximate surface area is 161 Å². The molecule has 1 saturated heterocycles. The fraction of sp³-hybridized carbons (Fsp3) is 0.278. The summed E-state index contributed by atoms with van der Waals surface area (Å²) in [5.41, 5.74) is 2.38. The van der Waals surface area contributed by atoms with Crippen LogP contribution in [0.25, 0.3) is 0 Å². The van der Waals surface area contributed by atoms with Crippen molar-refractivity contribution in [2.75, 3.05) is 5.75 Å². The molecular weight excluding hydrogens is 377 g/mol. The molecule has 0 unspecified atom stereocenters. The van der Waals surface area contributed by atoms with E-state index in [9.17, 15) is 4.79 Å². The van der Waals surface area contributed by atoms with Gasteiger partial charge in [0, 0.05) is 18.0 Å². The molecule has 2 heterocycles. The normalized spacial score (nSPS) is 18.8. The van der Waals surface area contributed by atoms with E-state index in [2.05, 4.69) is 11.9 Å². The van der Waals surface area contributed by atoms with Crippen LogP contribution in [0.15, 0.2) is 41.5 Å². The minimum Gasteiger partial charge on any atom is -0.283 e. The van der Waals surface area contributed by atoms with Gasteiger partial charge in [-0.1, -0.05) is 54.0 Å². The van der Waals surface area contributed by atoms with Crippen LogP contribution in [0.4, 0.5) is 5.69 Å². The van der Waals surface area contributed by atoms with E-state index in [0.29, 0.717) is 10.7 Å². The second-order valence-electron chi connectivity index (χ2n) is 5.78. The summed E-state index contributed by atoms with van der Waals surface area (Å²) in [6.45, 7) is 4.08. The first-order valence-corrected chi connectivity index (χ1v) is 9.66. The van der Waals surface area contributed by atoms with E-state index in [-0.39, 0.29) is 22.1 Å². The Kier molecular flexibility index (Phi) is 5.67. The number of benzene rings is 1. The van der Waals surface area contributed by atoms with Gasteiger partial charge in [0.2, 0.25) is 0 Å². The van der Waals surface area contributed by atoms with Crippen LogP contribution in [0, 0.1) is 6.92 Å². The average Bonchev–Trinajstić information content (AvgIpc) is 2.99. The van der Waals surface area contributed by atoms with Crippen molar-refractivity contribution < 1.29 is 4.79 Å². The third kappa shape index (κ3) is 4.00. The lowest BCUT2D eigenvalue weighted by Crippen LogP contribution is -2.39. The zero-order valence-corrected chi connectivity index (χ0v) is 16.2. The number of rotatable bonds is 3. The van der Waals surface area contributed by atoms with Gasteiger partial charge in [-0.2, -0.15) is 0 Å². The van der Waals surface area contributed by atoms with Gasteiger partial charge in [0.25, 0.3) is 5.91 Å². The summed E-state index contributed by atoms with van der Waals surface area (Å²) in [7, 11) is 0. The third-order valence-corrected chi connectivity index (χ3v) is 5.72. The van der Waals surface area contributed by atoms with Crippen LogP contribution in [-0.2, 0) is 0 Å². The first-order chi connectivity index (χ1) is 12.0. The van der Waals surface area contributed by atoms with Crippen molar-refractivity contribution in [2.24, 2.45) is 4.99 Å². The predicted octanol–water partition coefficient (Wildman–Crippen LogP) is 5.35. The molecule has 130 valence electrons. The van der Waals surface area contributed by atoms with Crippen molar-refractivity contribution in [1.82, 2.24) is 9.88 Å². The van der Waals surface area contributed by atoms with Gasteiger partial charge < -0.3 is 0 Å². The largest absolute Gasteiger partial charge is 0.283 e. The van der Waals surface area contributed by atoms with Gasteiger partial charge >= 0.3 is 0 Å². The molecule has 0 bridgehead atoms. The van der Waals surface area contributed by atoms with Crippen LogP contribution in [0.1, 0.15) is 29.3 Å². The Balaban J connectivity index is 1.96. The van der Waals surface area contributed by atoms with Gasteiger partial charge in [-0.15, -0.1) is 0 Å². The maximum Gasteiger partial charge on any atom is 0.261 e.